The van der Waals surface area contributed by atoms with Crippen LogP contribution in [0.2, 0.25) is 0 Å². The van der Waals surface area contributed by atoms with E-state index in [0.29, 0.717) is 11.7 Å². The molecule has 3 unspecified atom stereocenters. The number of anilines is 1. The van der Waals surface area contributed by atoms with Gasteiger partial charge in [-0.15, -0.1) is 14.8 Å². The molecule has 4 rings (SSSR count). The van der Waals surface area contributed by atoms with Gasteiger partial charge in [0.25, 0.3) is 0 Å². The average Bonchev–Trinajstić information content (AvgIpc) is 3.03. The first kappa shape index (κ1) is 9.32. The molecule has 88 valence electrons. The van der Waals surface area contributed by atoms with Crippen LogP contribution in [0.3, 0.4) is 0 Å². The summed E-state index contributed by atoms with van der Waals surface area (Å²) in [5, 5.41) is 19.1. The van der Waals surface area contributed by atoms with E-state index in [4.69, 9.17) is 0 Å². The molecule has 2 bridgehead atoms. The Balaban J connectivity index is 1.58. The van der Waals surface area contributed by atoms with Gasteiger partial charge in [-0.3, -0.25) is 0 Å². The third-order valence-corrected chi connectivity index (χ3v) is 4.14. The van der Waals surface area contributed by atoms with Crippen molar-refractivity contribution in [1.82, 2.24) is 25.3 Å². The minimum absolute atomic E-state index is 0.593. The lowest BCUT2D eigenvalue weighted by Gasteiger charge is -2.23. The molecular formula is C11H14N6. The second-order valence-corrected chi connectivity index (χ2v) is 5.17. The van der Waals surface area contributed by atoms with E-state index in [1.54, 1.807) is 0 Å². The lowest BCUT2D eigenvalue weighted by atomic mass is 9.95. The minimum atomic E-state index is 0.593. The maximum atomic E-state index is 4.35. The summed E-state index contributed by atoms with van der Waals surface area (Å²) < 4.78 is 1.47. The van der Waals surface area contributed by atoms with Crippen LogP contribution in [0.25, 0.3) is 5.65 Å². The third-order valence-electron chi connectivity index (χ3n) is 4.14. The molecule has 2 saturated carbocycles. The first-order chi connectivity index (χ1) is 8.38. The Kier molecular flexibility index (Phi) is 1.86. The normalized spacial score (nSPS) is 31.2. The molecule has 0 spiro atoms. The maximum Gasteiger partial charge on any atom is 0.200 e. The van der Waals surface area contributed by atoms with Crippen LogP contribution in [-0.2, 0) is 0 Å². The van der Waals surface area contributed by atoms with E-state index < -0.39 is 0 Å². The van der Waals surface area contributed by atoms with Crippen molar-refractivity contribution in [2.24, 2.45) is 11.8 Å². The molecule has 0 aliphatic heterocycles. The van der Waals surface area contributed by atoms with Gasteiger partial charge in [-0.1, -0.05) is 6.42 Å². The van der Waals surface area contributed by atoms with E-state index >= 15 is 0 Å². The van der Waals surface area contributed by atoms with Gasteiger partial charge in [0, 0.05) is 6.04 Å². The average molecular weight is 230 g/mol. The SMILES string of the molecule is c1cc2nnnn2nc1NC1CC2CCC1C2. The van der Waals surface area contributed by atoms with Crippen LogP contribution in [0.1, 0.15) is 25.7 Å². The third kappa shape index (κ3) is 1.47. The topological polar surface area (TPSA) is 68.0 Å². The van der Waals surface area contributed by atoms with E-state index in [0.717, 1.165) is 17.7 Å². The minimum Gasteiger partial charge on any atom is -0.366 e. The van der Waals surface area contributed by atoms with Gasteiger partial charge >= 0.3 is 0 Å². The lowest BCUT2D eigenvalue weighted by Crippen LogP contribution is -2.26. The molecule has 0 amide bonds. The molecule has 2 fully saturated rings. The first-order valence-corrected chi connectivity index (χ1v) is 6.20. The van der Waals surface area contributed by atoms with E-state index in [9.17, 15) is 0 Å². The molecule has 17 heavy (non-hydrogen) atoms. The van der Waals surface area contributed by atoms with Gasteiger partial charge in [0.2, 0.25) is 0 Å². The highest BCUT2D eigenvalue weighted by Gasteiger charge is 2.39. The standard InChI is InChI=1S/C11H14N6/c1-2-8-5-7(1)6-9(8)12-10-3-4-11-13-15-16-17(11)14-10/h3-4,7-9H,1-2,5-6H2,(H,12,14). The van der Waals surface area contributed by atoms with Crippen LogP contribution in [0.5, 0.6) is 0 Å². The number of nitrogens with one attached hydrogen (secondary N) is 1. The summed E-state index contributed by atoms with van der Waals surface area (Å²) in [4.78, 5) is 0. The Morgan fingerprint density at radius 1 is 1.24 bits per heavy atom. The van der Waals surface area contributed by atoms with Gasteiger partial charge in [0.15, 0.2) is 5.65 Å². The molecule has 6 nitrogen and oxygen atoms in total. The summed E-state index contributed by atoms with van der Waals surface area (Å²) in [7, 11) is 0. The first-order valence-electron chi connectivity index (χ1n) is 6.20. The van der Waals surface area contributed by atoms with Crippen molar-refractivity contribution in [3.63, 3.8) is 0 Å². The highest BCUT2D eigenvalue weighted by atomic mass is 15.6. The van der Waals surface area contributed by atoms with Crippen LogP contribution < -0.4 is 5.32 Å². The Labute approximate surface area is 98.4 Å². The fourth-order valence-electron chi connectivity index (χ4n) is 3.34. The molecule has 0 radical (unpaired) electrons. The highest BCUT2D eigenvalue weighted by molar-refractivity contribution is 5.43. The van der Waals surface area contributed by atoms with E-state index in [2.05, 4.69) is 25.9 Å². The van der Waals surface area contributed by atoms with Gasteiger partial charge in [-0.05, 0) is 53.7 Å². The highest BCUT2D eigenvalue weighted by Crippen LogP contribution is 2.45. The Bertz CT molecular complexity index is 550. The second-order valence-electron chi connectivity index (χ2n) is 5.17. The van der Waals surface area contributed by atoms with Crippen molar-refractivity contribution in [2.45, 2.75) is 31.7 Å². The molecule has 6 heteroatoms. The van der Waals surface area contributed by atoms with Crippen molar-refractivity contribution in [2.75, 3.05) is 5.32 Å². The quantitative estimate of drug-likeness (QED) is 0.837. The molecule has 2 aromatic rings. The van der Waals surface area contributed by atoms with Crippen molar-refractivity contribution in [1.29, 1.82) is 0 Å². The number of tetrazole rings is 1. The monoisotopic (exact) mass is 230 g/mol. The molecule has 3 atom stereocenters. The van der Waals surface area contributed by atoms with Crippen LogP contribution in [0.4, 0.5) is 5.82 Å². The Hall–Kier alpha value is -1.72. The Morgan fingerprint density at radius 2 is 2.24 bits per heavy atom. The maximum absolute atomic E-state index is 4.35. The smallest absolute Gasteiger partial charge is 0.200 e. The zero-order valence-corrected chi connectivity index (χ0v) is 9.45. The Morgan fingerprint density at radius 3 is 3.06 bits per heavy atom. The van der Waals surface area contributed by atoms with E-state index in [1.165, 1.54) is 30.3 Å². The summed E-state index contributed by atoms with van der Waals surface area (Å²) in [6.07, 6.45) is 5.47. The van der Waals surface area contributed by atoms with Gasteiger partial charge in [0.05, 0.1) is 0 Å². The molecule has 0 aromatic carbocycles. The summed E-state index contributed by atoms with van der Waals surface area (Å²) in [6, 6.07) is 4.44. The summed E-state index contributed by atoms with van der Waals surface area (Å²) >= 11 is 0. The molecule has 2 heterocycles. The number of rotatable bonds is 2. The molecule has 1 N–H and O–H groups in total. The fraction of sp³-hybridized carbons (Fsp3) is 0.636. The summed E-state index contributed by atoms with van der Waals surface area (Å²) in [5.41, 5.74) is 0.684. The van der Waals surface area contributed by atoms with Crippen LogP contribution in [0, 0.1) is 11.8 Å². The van der Waals surface area contributed by atoms with Crippen molar-refractivity contribution >= 4 is 11.5 Å². The van der Waals surface area contributed by atoms with Crippen LogP contribution in [0.15, 0.2) is 12.1 Å². The van der Waals surface area contributed by atoms with Crippen LogP contribution >= 0.6 is 0 Å². The predicted octanol–water partition coefficient (Wildman–Crippen LogP) is 1.12. The largest absolute Gasteiger partial charge is 0.366 e. The number of nitrogens with zero attached hydrogens (tertiary/aromatic N) is 5. The summed E-state index contributed by atoms with van der Waals surface area (Å²) in [6.45, 7) is 0. The molecule has 2 aliphatic rings. The lowest BCUT2D eigenvalue weighted by molar-refractivity contribution is 0.438. The van der Waals surface area contributed by atoms with E-state index in [-0.39, 0.29) is 0 Å². The van der Waals surface area contributed by atoms with E-state index in [1.807, 2.05) is 12.1 Å². The van der Waals surface area contributed by atoms with Crippen molar-refractivity contribution in [3.05, 3.63) is 12.1 Å². The number of fused-ring (bicyclic) bond motifs is 3. The van der Waals surface area contributed by atoms with Gasteiger partial charge in [0.1, 0.15) is 5.82 Å². The fourth-order valence-corrected chi connectivity index (χ4v) is 3.34. The predicted molar refractivity (Wildman–Crippen MR) is 61.4 cm³/mol. The van der Waals surface area contributed by atoms with Crippen LogP contribution in [-0.4, -0.2) is 31.3 Å². The van der Waals surface area contributed by atoms with Gasteiger partial charge < -0.3 is 5.32 Å². The molecule has 2 aliphatic carbocycles. The number of hydrogen-bond donors (Lipinski definition) is 1. The zero-order valence-electron chi connectivity index (χ0n) is 9.45. The van der Waals surface area contributed by atoms with Crippen molar-refractivity contribution in [3.8, 4) is 0 Å². The zero-order chi connectivity index (χ0) is 11.2. The molecule has 0 saturated heterocycles. The molecular weight excluding hydrogens is 216 g/mol. The van der Waals surface area contributed by atoms with Crippen molar-refractivity contribution < 1.29 is 0 Å². The van der Waals surface area contributed by atoms with Gasteiger partial charge in [-0.25, -0.2) is 0 Å². The number of hydrogen-bond acceptors (Lipinski definition) is 5. The van der Waals surface area contributed by atoms with Gasteiger partial charge in [-0.2, -0.15) is 0 Å². The number of aromatic nitrogens is 5. The summed E-state index contributed by atoms with van der Waals surface area (Å²) in [5.74, 6) is 2.66. The second kappa shape index (κ2) is 3.38. The molecule has 2 aromatic heterocycles.